The molecule has 0 radical (unpaired) electrons. The molecule has 0 aliphatic heterocycles. The molecule has 33 heavy (non-hydrogen) atoms. The van der Waals surface area contributed by atoms with Crippen LogP contribution in [0.1, 0.15) is 24.2 Å². The van der Waals surface area contributed by atoms with Gasteiger partial charge in [-0.3, -0.25) is 14.2 Å². The zero-order valence-corrected chi connectivity index (χ0v) is 18.8. The first-order valence-electron chi connectivity index (χ1n) is 10.3. The maximum absolute atomic E-state index is 13.4. The Bertz CT molecular complexity index is 1270. The van der Waals surface area contributed by atoms with Crippen LogP contribution >= 0.6 is 11.8 Å². The topological polar surface area (TPSA) is 76.9 Å². The molecule has 3 aromatic carbocycles. The van der Waals surface area contributed by atoms with Gasteiger partial charge in [-0.2, -0.15) is 0 Å². The number of amides is 1. The van der Waals surface area contributed by atoms with Gasteiger partial charge in [-0.1, -0.05) is 30.0 Å². The average Bonchev–Trinajstić information content (AvgIpc) is 3.23. The van der Waals surface area contributed by atoms with Gasteiger partial charge in [0.2, 0.25) is 5.91 Å². The summed E-state index contributed by atoms with van der Waals surface area (Å²) in [6.45, 7) is 3.28. The second kappa shape index (κ2) is 9.79. The molecule has 1 N–H and O–H groups in total. The van der Waals surface area contributed by atoms with E-state index in [2.05, 4.69) is 15.5 Å². The number of thioether (sulfide) groups is 1. The minimum atomic E-state index is -0.481. The molecule has 6 nitrogen and oxygen atoms in total. The number of carbonyl (C=O) groups is 2. The zero-order valence-electron chi connectivity index (χ0n) is 18.0. The van der Waals surface area contributed by atoms with E-state index in [1.54, 1.807) is 43.3 Å². The van der Waals surface area contributed by atoms with Gasteiger partial charge in [-0.25, -0.2) is 4.39 Å². The standard InChI is InChI=1S/C25H21FN4O2S/c1-16(31)18-10-14-21(15-11-18)27-24(32)17(2)33-25-29-28-23(19-8-12-20(26)13-9-19)30(25)22-6-4-3-5-7-22/h3-15,17H,1-2H3,(H,27,32). The number of hydrogen-bond acceptors (Lipinski definition) is 5. The summed E-state index contributed by atoms with van der Waals surface area (Å²) in [4.78, 5) is 24.2. The molecule has 166 valence electrons. The van der Waals surface area contributed by atoms with Gasteiger partial charge in [0.05, 0.1) is 5.25 Å². The summed E-state index contributed by atoms with van der Waals surface area (Å²) in [6.07, 6.45) is 0. The average molecular weight is 461 g/mol. The maximum atomic E-state index is 13.4. The van der Waals surface area contributed by atoms with Crippen LogP contribution in [-0.4, -0.2) is 31.7 Å². The number of nitrogens with zero attached hydrogens (tertiary/aromatic N) is 3. The molecule has 0 fully saturated rings. The van der Waals surface area contributed by atoms with E-state index in [9.17, 15) is 14.0 Å². The van der Waals surface area contributed by atoms with Gasteiger partial charge >= 0.3 is 0 Å². The van der Waals surface area contributed by atoms with Crippen LogP contribution in [0.25, 0.3) is 17.1 Å². The molecule has 0 saturated heterocycles. The first-order chi connectivity index (χ1) is 15.9. The Hall–Kier alpha value is -3.78. The van der Waals surface area contributed by atoms with E-state index in [4.69, 9.17) is 0 Å². The molecule has 1 amide bonds. The van der Waals surface area contributed by atoms with Crippen molar-refractivity contribution in [3.8, 4) is 17.1 Å². The van der Waals surface area contributed by atoms with Crippen molar-refractivity contribution in [3.05, 3.63) is 90.2 Å². The van der Waals surface area contributed by atoms with Crippen LogP contribution in [0.2, 0.25) is 0 Å². The molecule has 0 aliphatic carbocycles. The second-order valence-corrected chi connectivity index (χ2v) is 8.67. The van der Waals surface area contributed by atoms with E-state index in [0.29, 0.717) is 27.8 Å². The predicted octanol–water partition coefficient (Wildman–Crippen LogP) is 5.40. The molecule has 1 unspecified atom stereocenters. The summed E-state index contributed by atoms with van der Waals surface area (Å²) >= 11 is 1.27. The van der Waals surface area contributed by atoms with E-state index >= 15 is 0 Å². The molecular formula is C25H21FN4O2S. The lowest BCUT2D eigenvalue weighted by Crippen LogP contribution is -2.23. The maximum Gasteiger partial charge on any atom is 0.237 e. The van der Waals surface area contributed by atoms with Crippen LogP contribution in [0.4, 0.5) is 10.1 Å². The summed E-state index contributed by atoms with van der Waals surface area (Å²) in [5.41, 5.74) is 2.73. The Balaban J connectivity index is 1.58. The Kier molecular flexibility index (Phi) is 6.65. The monoisotopic (exact) mass is 460 g/mol. The number of hydrogen-bond donors (Lipinski definition) is 1. The van der Waals surface area contributed by atoms with Crippen LogP contribution in [0.3, 0.4) is 0 Å². The molecular weight excluding hydrogens is 439 g/mol. The van der Waals surface area contributed by atoms with E-state index in [-0.39, 0.29) is 17.5 Å². The van der Waals surface area contributed by atoms with Gasteiger partial charge in [0, 0.05) is 22.5 Å². The number of anilines is 1. The van der Waals surface area contributed by atoms with Gasteiger partial charge in [-0.15, -0.1) is 10.2 Å². The van der Waals surface area contributed by atoms with Crippen molar-refractivity contribution >= 4 is 29.1 Å². The Labute approximate surface area is 194 Å². The van der Waals surface area contributed by atoms with Gasteiger partial charge in [0.15, 0.2) is 16.8 Å². The SMILES string of the molecule is CC(=O)c1ccc(NC(=O)C(C)Sc2nnc(-c3ccc(F)cc3)n2-c2ccccc2)cc1. The lowest BCUT2D eigenvalue weighted by atomic mass is 10.1. The number of Topliss-reactive ketones (excluding diaryl/α,β-unsaturated/α-hetero) is 1. The Morgan fingerprint density at radius 2 is 1.61 bits per heavy atom. The molecule has 1 atom stereocenters. The molecule has 4 rings (SSSR count). The van der Waals surface area contributed by atoms with Crippen LogP contribution in [-0.2, 0) is 4.79 Å². The van der Waals surface area contributed by atoms with Crippen molar-refractivity contribution in [2.75, 3.05) is 5.32 Å². The van der Waals surface area contributed by atoms with Gasteiger partial charge < -0.3 is 5.32 Å². The van der Waals surface area contributed by atoms with Crippen molar-refractivity contribution in [1.82, 2.24) is 14.8 Å². The van der Waals surface area contributed by atoms with Crippen molar-refractivity contribution in [2.45, 2.75) is 24.3 Å². The van der Waals surface area contributed by atoms with E-state index < -0.39 is 5.25 Å². The number of aromatic nitrogens is 3. The van der Waals surface area contributed by atoms with E-state index in [0.717, 1.165) is 5.69 Å². The smallest absolute Gasteiger partial charge is 0.237 e. The van der Waals surface area contributed by atoms with Gasteiger partial charge in [0.25, 0.3) is 0 Å². The van der Waals surface area contributed by atoms with Crippen LogP contribution in [0.15, 0.2) is 84.0 Å². The Morgan fingerprint density at radius 1 is 0.939 bits per heavy atom. The van der Waals surface area contributed by atoms with Crippen molar-refractivity contribution < 1.29 is 14.0 Å². The number of ketones is 1. The minimum Gasteiger partial charge on any atom is -0.325 e. The highest BCUT2D eigenvalue weighted by atomic mass is 32.2. The van der Waals surface area contributed by atoms with Crippen LogP contribution < -0.4 is 5.32 Å². The normalized spacial score (nSPS) is 11.7. The van der Waals surface area contributed by atoms with Crippen molar-refractivity contribution in [1.29, 1.82) is 0 Å². The fraction of sp³-hybridized carbons (Fsp3) is 0.120. The van der Waals surface area contributed by atoms with Crippen LogP contribution in [0.5, 0.6) is 0 Å². The quantitative estimate of drug-likeness (QED) is 0.295. The van der Waals surface area contributed by atoms with Crippen LogP contribution in [0, 0.1) is 5.82 Å². The summed E-state index contributed by atoms with van der Waals surface area (Å²) in [7, 11) is 0. The summed E-state index contributed by atoms with van der Waals surface area (Å²) in [5, 5.41) is 11.6. The van der Waals surface area contributed by atoms with E-state index in [1.165, 1.54) is 30.8 Å². The number of para-hydroxylation sites is 1. The highest BCUT2D eigenvalue weighted by molar-refractivity contribution is 8.00. The highest BCUT2D eigenvalue weighted by Crippen LogP contribution is 2.30. The molecule has 0 bridgehead atoms. The third kappa shape index (κ3) is 5.18. The first-order valence-corrected chi connectivity index (χ1v) is 11.2. The largest absolute Gasteiger partial charge is 0.325 e. The lowest BCUT2D eigenvalue weighted by Gasteiger charge is -2.14. The molecule has 4 aromatic rings. The fourth-order valence-corrected chi connectivity index (χ4v) is 4.05. The third-order valence-corrected chi connectivity index (χ3v) is 6.00. The van der Waals surface area contributed by atoms with E-state index in [1.807, 2.05) is 34.9 Å². The molecule has 1 aromatic heterocycles. The number of nitrogens with one attached hydrogen (secondary N) is 1. The predicted molar refractivity (Wildman–Crippen MR) is 127 cm³/mol. The molecule has 0 saturated carbocycles. The van der Waals surface area contributed by atoms with Gasteiger partial charge in [0.1, 0.15) is 5.82 Å². The van der Waals surface area contributed by atoms with Crippen molar-refractivity contribution in [2.24, 2.45) is 0 Å². The highest BCUT2D eigenvalue weighted by Gasteiger charge is 2.22. The minimum absolute atomic E-state index is 0.0333. The number of halogens is 1. The first kappa shape index (κ1) is 22.4. The Morgan fingerprint density at radius 3 is 2.24 bits per heavy atom. The number of rotatable bonds is 7. The molecule has 8 heteroatoms. The molecule has 1 heterocycles. The molecule has 0 spiro atoms. The zero-order chi connectivity index (χ0) is 23.4. The fourth-order valence-electron chi connectivity index (χ4n) is 3.19. The summed E-state index contributed by atoms with van der Waals surface area (Å²) < 4.78 is 15.3. The second-order valence-electron chi connectivity index (χ2n) is 7.37. The lowest BCUT2D eigenvalue weighted by molar-refractivity contribution is -0.115. The number of carbonyl (C=O) groups excluding carboxylic acids is 2. The van der Waals surface area contributed by atoms with Gasteiger partial charge in [-0.05, 0) is 74.5 Å². The third-order valence-electron chi connectivity index (χ3n) is 4.96. The summed E-state index contributed by atoms with van der Waals surface area (Å²) in [5.74, 6) is -0.0209. The van der Waals surface area contributed by atoms with Crippen molar-refractivity contribution in [3.63, 3.8) is 0 Å². The number of benzene rings is 3. The molecule has 0 aliphatic rings. The summed E-state index contributed by atoms with van der Waals surface area (Å²) in [6, 6.07) is 22.3.